The third kappa shape index (κ3) is 1.84. The highest BCUT2D eigenvalue weighted by atomic mass is 16.2. The van der Waals surface area contributed by atoms with Gasteiger partial charge in [-0.15, -0.1) is 0 Å². The number of amides is 2. The van der Waals surface area contributed by atoms with Crippen LogP contribution < -0.4 is 10.6 Å². The van der Waals surface area contributed by atoms with Crippen LogP contribution in [0.1, 0.15) is 5.56 Å². The first-order valence-electron chi connectivity index (χ1n) is 5.86. The molecule has 0 unspecified atom stereocenters. The van der Waals surface area contributed by atoms with E-state index in [2.05, 4.69) is 15.6 Å². The minimum atomic E-state index is -0.481. The van der Waals surface area contributed by atoms with E-state index in [1.165, 1.54) is 0 Å². The molecule has 1 saturated heterocycles. The van der Waals surface area contributed by atoms with Gasteiger partial charge in [0.25, 0.3) is 0 Å². The number of H-pyrrole nitrogens is 1. The molecule has 0 spiro atoms. The lowest BCUT2D eigenvalue weighted by molar-refractivity contribution is -0.133. The topological polar surface area (TPSA) is 74.0 Å². The Kier molecular flexibility index (Phi) is 2.51. The molecule has 0 aliphatic carbocycles. The van der Waals surface area contributed by atoms with Crippen LogP contribution in [0.25, 0.3) is 10.9 Å². The first-order chi connectivity index (χ1) is 8.74. The van der Waals surface area contributed by atoms with Gasteiger partial charge in [0.2, 0.25) is 11.8 Å². The van der Waals surface area contributed by atoms with Crippen LogP contribution in [0.2, 0.25) is 0 Å². The van der Waals surface area contributed by atoms with Gasteiger partial charge in [0.15, 0.2) is 0 Å². The van der Waals surface area contributed by atoms with E-state index in [1.807, 2.05) is 30.5 Å². The van der Waals surface area contributed by atoms with Gasteiger partial charge in [-0.3, -0.25) is 9.59 Å². The van der Waals surface area contributed by atoms with Gasteiger partial charge in [0, 0.05) is 23.5 Å². The number of para-hydroxylation sites is 1. The fourth-order valence-corrected chi connectivity index (χ4v) is 2.27. The minimum absolute atomic E-state index is 0.0726. The number of aromatic amines is 1. The molecule has 1 aliphatic heterocycles. The number of hydrogen-bond acceptors (Lipinski definition) is 2. The minimum Gasteiger partial charge on any atom is -0.361 e. The summed E-state index contributed by atoms with van der Waals surface area (Å²) in [7, 11) is 0. The van der Waals surface area contributed by atoms with Crippen molar-refractivity contribution in [2.24, 2.45) is 0 Å². The number of hydrogen-bond donors (Lipinski definition) is 3. The van der Waals surface area contributed by atoms with E-state index < -0.39 is 6.04 Å². The molecule has 1 fully saturated rings. The summed E-state index contributed by atoms with van der Waals surface area (Å²) in [6, 6.07) is 7.42. The molecule has 1 aromatic heterocycles. The Morgan fingerprint density at radius 2 is 2.06 bits per heavy atom. The highest BCUT2D eigenvalue weighted by Gasteiger charge is 2.26. The summed E-state index contributed by atoms with van der Waals surface area (Å²) >= 11 is 0. The van der Waals surface area contributed by atoms with Crippen molar-refractivity contribution in [2.45, 2.75) is 12.5 Å². The van der Waals surface area contributed by atoms with Crippen molar-refractivity contribution >= 4 is 22.7 Å². The van der Waals surface area contributed by atoms with Gasteiger partial charge in [-0.1, -0.05) is 18.2 Å². The summed E-state index contributed by atoms with van der Waals surface area (Å²) in [4.78, 5) is 26.1. The van der Waals surface area contributed by atoms with Crippen molar-refractivity contribution in [3.05, 3.63) is 36.0 Å². The molecule has 92 valence electrons. The van der Waals surface area contributed by atoms with Crippen LogP contribution in [0.3, 0.4) is 0 Å². The smallest absolute Gasteiger partial charge is 0.243 e. The van der Waals surface area contributed by atoms with Crippen LogP contribution in [0.4, 0.5) is 0 Å². The Labute approximate surface area is 104 Å². The van der Waals surface area contributed by atoms with Gasteiger partial charge in [0.05, 0.1) is 6.54 Å². The van der Waals surface area contributed by atoms with Gasteiger partial charge in [-0.25, -0.2) is 0 Å². The molecule has 2 aromatic rings. The standard InChI is InChI=1S/C13H13N3O2/c17-12-7-15-13(18)11(16-12)5-8-6-14-10-4-2-1-3-9(8)10/h1-4,6,11,14H,5,7H2,(H,15,18)(H,16,17)/t11-/m1/s1. The number of piperazine rings is 1. The van der Waals surface area contributed by atoms with Crippen LogP contribution in [0.5, 0.6) is 0 Å². The summed E-state index contributed by atoms with van der Waals surface area (Å²) in [5.74, 6) is -0.265. The van der Waals surface area contributed by atoms with Gasteiger partial charge >= 0.3 is 0 Å². The van der Waals surface area contributed by atoms with Crippen LogP contribution in [-0.2, 0) is 16.0 Å². The molecular weight excluding hydrogens is 230 g/mol. The normalized spacial score (nSPS) is 19.7. The number of carbonyl (C=O) groups excluding carboxylic acids is 2. The van der Waals surface area contributed by atoms with Crippen LogP contribution in [-0.4, -0.2) is 29.4 Å². The Bertz CT molecular complexity index is 617. The molecule has 3 rings (SSSR count). The molecule has 0 bridgehead atoms. The van der Waals surface area contributed by atoms with Crippen molar-refractivity contribution in [1.29, 1.82) is 0 Å². The van der Waals surface area contributed by atoms with E-state index >= 15 is 0 Å². The molecule has 5 nitrogen and oxygen atoms in total. The van der Waals surface area contributed by atoms with E-state index in [1.54, 1.807) is 0 Å². The third-order valence-electron chi connectivity index (χ3n) is 3.17. The van der Waals surface area contributed by atoms with Crippen molar-refractivity contribution in [1.82, 2.24) is 15.6 Å². The predicted molar refractivity (Wildman–Crippen MR) is 66.9 cm³/mol. The quantitative estimate of drug-likeness (QED) is 0.711. The lowest BCUT2D eigenvalue weighted by Gasteiger charge is -2.22. The summed E-state index contributed by atoms with van der Waals surface area (Å²) in [6.45, 7) is 0.0726. The van der Waals surface area contributed by atoms with Crippen LogP contribution in [0.15, 0.2) is 30.5 Å². The first-order valence-corrected chi connectivity index (χ1v) is 5.86. The Balaban J connectivity index is 1.87. The highest BCUT2D eigenvalue weighted by molar-refractivity contribution is 5.95. The average molecular weight is 243 g/mol. The van der Waals surface area contributed by atoms with E-state index in [-0.39, 0.29) is 18.4 Å². The van der Waals surface area contributed by atoms with Crippen molar-refractivity contribution < 1.29 is 9.59 Å². The second kappa shape index (κ2) is 4.18. The van der Waals surface area contributed by atoms with Crippen molar-refractivity contribution in [2.75, 3.05) is 6.54 Å². The van der Waals surface area contributed by atoms with E-state index in [0.29, 0.717) is 6.42 Å². The molecule has 1 atom stereocenters. The molecule has 3 N–H and O–H groups in total. The van der Waals surface area contributed by atoms with E-state index in [4.69, 9.17) is 0 Å². The average Bonchev–Trinajstić information content (AvgIpc) is 2.78. The number of fused-ring (bicyclic) bond motifs is 1. The maximum atomic E-state index is 11.7. The molecule has 0 saturated carbocycles. The first kappa shape index (κ1) is 10.8. The molecular formula is C13H13N3O2. The zero-order chi connectivity index (χ0) is 12.5. The number of nitrogens with one attached hydrogen (secondary N) is 3. The number of carbonyl (C=O) groups is 2. The molecule has 0 radical (unpaired) electrons. The van der Waals surface area contributed by atoms with Gasteiger partial charge in [-0.2, -0.15) is 0 Å². The number of benzene rings is 1. The summed E-state index contributed by atoms with van der Waals surface area (Å²) in [6.07, 6.45) is 2.39. The molecule has 18 heavy (non-hydrogen) atoms. The van der Waals surface area contributed by atoms with E-state index in [9.17, 15) is 9.59 Å². The summed E-state index contributed by atoms with van der Waals surface area (Å²) in [5.41, 5.74) is 2.07. The zero-order valence-electron chi connectivity index (χ0n) is 9.69. The fourth-order valence-electron chi connectivity index (χ4n) is 2.27. The predicted octanol–water partition coefficient (Wildman–Crippen LogP) is 0.325. The Morgan fingerprint density at radius 3 is 2.94 bits per heavy atom. The van der Waals surface area contributed by atoms with Gasteiger partial charge in [0.1, 0.15) is 6.04 Å². The molecule has 1 aromatic carbocycles. The monoisotopic (exact) mass is 243 g/mol. The molecule has 2 heterocycles. The van der Waals surface area contributed by atoms with E-state index in [0.717, 1.165) is 16.5 Å². The molecule has 5 heteroatoms. The van der Waals surface area contributed by atoms with Gasteiger partial charge in [-0.05, 0) is 11.6 Å². The molecule has 1 aliphatic rings. The van der Waals surface area contributed by atoms with Crippen LogP contribution >= 0.6 is 0 Å². The van der Waals surface area contributed by atoms with Crippen molar-refractivity contribution in [3.63, 3.8) is 0 Å². The third-order valence-corrected chi connectivity index (χ3v) is 3.17. The number of aromatic nitrogens is 1. The highest BCUT2D eigenvalue weighted by Crippen LogP contribution is 2.19. The lowest BCUT2D eigenvalue weighted by atomic mass is 10.0. The summed E-state index contributed by atoms with van der Waals surface area (Å²) < 4.78 is 0. The van der Waals surface area contributed by atoms with Gasteiger partial charge < -0.3 is 15.6 Å². The molecule has 2 amide bonds. The Morgan fingerprint density at radius 1 is 1.22 bits per heavy atom. The summed E-state index contributed by atoms with van der Waals surface area (Å²) in [5, 5.41) is 6.37. The second-order valence-electron chi connectivity index (χ2n) is 4.40. The SMILES string of the molecule is O=C1CNC(=O)[C@@H](Cc2c[nH]c3ccccc23)N1. The Hall–Kier alpha value is -2.30. The van der Waals surface area contributed by atoms with Crippen LogP contribution in [0, 0.1) is 0 Å². The fraction of sp³-hybridized carbons (Fsp3) is 0.231. The lowest BCUT2D eigenvalue weighted by Crippen LogP contribution is -2.56. The largest absolute Gasteiger partial charge is 0.361 e. The number of rotatable bonds is 2. The maximum Gasteiger partial charge on any atom is 0.243 e. The van der Waals surface area contributed by atoms with Crippen molar-refractivity contribution in [3.8, 4) is 0 Å². The zero-order valence-corrected chi connectivity index (χ0v) is 9.69. The maximum absolute atomic E-state index is 11.7. The second-order valence-corrected chi connectivity index (χ2v) is 4.40.